The van der Waals surface area contributed by atoms with E-state index < -0.39 is 5.60 Å². The fourth-order valence-electron chi connectivity index (χ4n) is 1.41. The Morgan fingerprint density at radius 2 is 1.55 bits per heavy atom. The zero-order chi connectivity index (χ0) is 17.6. The summed E-state index contributed by atoms with van der Waals surface area (Å²) in [6.07, 6.45) is 6.95. The highest BCUT2D eigenvalue weighted by atomic mass is 16.6. The third kappa shape index (κ3) is 20.7. The van der Waals surface area contributed by atoms with Crippen LogP contribution in [0.2, 0.25) is 0 Å². The van der Waals surface area contributed by atoms with Crippen molar-refractivity contribution in [1.29, 1.82) is 0 Å². The smallest absolute Gasteiger partial charge is 0.330 e. The summed E-state index contributed by atoms with van der Waals surface area (Å²) in [6, 6.07) is 0. The van der Waals surface area contributed by atoms with Gasteiger partial charge < -0.3 is 9.47 Å². The second kappa shape index (κ2) is 13.1. The Hall–Kier alpha value is -1.58. The minimum absolute atomic E-state index is 0.316. The zero-order valence-electron chi connectivity index (χ0n) is 14.8. The molecule has 0 aliphatic carbocycles. The summed E-state index contributed by atoms with van der Waals surface area (Å²) in [5, 5.41) is 0. The van der Waals surface area contributed by atoms with E-state index >= 15 is 0 Å². The minimum Gasteiger partial charge on any atom is -0.463 e. The molecule has 0 N–H and O–H groups in total. The van der Waals surface area contributed by atoms with Crippen LogP contribution < -0.4 is 0 Å². The summed E-state index contributed by atoms with van der Waals surface area (Å²) in [5.74, 6) is 0.0853. The van der Waals surface area contributed by atoms with Crippen LogP contribution in [0.15, 0.2) is 25.3 Å². The Labute approximate surface area is 135 Å². The molecule has 0 aliphatic heterocycles. The number of unbranched alkanes of at least 4 members (excludes halogenated alkanes) is 2. The summed E-state index contributed by atoms with van der Waals surface area (Å²) >= 11 is 0. The lowest BCUT2D eigenvalue weighted by Gasteiger charge is -2.17. The summed E-state index contributed by atoms with van der Waals surface area (Å²) in [7, 11) is 0. The Kier molecular flexibility index (Phi) is 13.5. The molecule has 128 valence electrons. The largest absolute Gasteiger partial charge is 0.463 e. The molecule has 0 aromatic rings. The Bertz CT molecular complexity index is 337. The van der Waals surface area contributed by atoms with Crippen molar-refractivity contribution in [2.45, 2.75) is 65.9 Å². The lowest BCUT2D eigenvalue weighted by atomic mass is 10.1. The van der Waals surface area contributed by atoms with E-state index in [0.29, 0.717) is 6.61 Å². The van der Waals surface area contributed by atoms with E-state index in [0.717, 1.165) is 24.8 Å². The summed E-state index contributed by atoms with van der Waals surface area (Å²) in [5.41, 5.74) is -0.398. The van der Waals surface area contributed by atoms with Gasteiger partial charge in [-0.1, -0.05) is 46.3 Å². The van der Waals surface area contributed by atoms with Gasteiger partial charge in [0.25, 0.3) is 0 Å². The summed E-state index contributed by atoms with van der Waals surface area (Å²) in [6.45, 7) is 17.0. The van der Waals surface area contributed by atoms with Gasteiger partial charge in [0.05, 0.1) is 6.61 Å². The number of carbonyl (C=O) groups is 2. The molecule has 0 atom stereocenters. The van der Waals surface area contributed by atoms with Crippen LogP contribution >= 0.6 is 0 Å². The molecule has 0 aromatic heterocycles. The molecule has 0 radical (unpaired) electrons. The van der Waals surface area contributed by atoms with E-state index in [2.05, 4.69) is 27.0 Å². The highest BCUT2D eigenvalue weighted by molar-refractivity contribution is 5.81. The van der Waals surface area contributed by atoms with E-state index in [1.54, 1.807) is 0 Å². The SMILES string of the molecule is C=CC(=O)OC(C)(C)C.C=CC(=O)OCCCCCC(C)C. The molecule has 4 nitrogen and oxygen atoms in total. The molecular weight excluding hydrogens is 280 g/mol. The van der Waals surface area contributed by atoms with Gasteiger partial charge in [-0.3, -0.25) is 0 Å². The van der Waals surface area contributed by atoms with Crippen molar-refractivity contribution >= 4 is 11.9 Å². The Morgan fingerprint density at radius 1 is 1.00 bits per heavy atom. The van der Waals surface area contributed by atoms with Crippen LogP contribution in [0.3, 0.4) is 0 Å². The van der Waals surface area contributed by atoms with Gasteiger partial charge in [-0.05, 0) is 33.1 Å². The molecule has 0 unspecified atom stereocenters. The van der Waals surface area contributed by atoms with Crippen molar-refractivity contribution in [3.8, 4) is 0 Å². The quantitative estimate of drug-likeness (QED) is 0.377. The number of rotatable bonds is 8. The van der Waals surface area contributed by atoms with Crippen molar-refractivity contribution in [2.75, 3.05) is 6.61 Å². The fourth-order valence-corrected chi connectivity index (χ4v) is 1.41. The third-order valence-corrected chi connectivity index (χ3v) is 2.41. The maximum Gasteiger partial charge on any atom is 0.330 e. The van der Waals surface area contributed by atoms with Gasteiger partial charge in [0.2, 0.25) is 0 Å². The zero-order valence-corrected chi connectivity index (χ0v) is 14.8. The Balaban J connectivity index is 0. The minimum atomic E-state index is -0.398. The van der Waals surface area contributed by atoms with E-state index in [4.69, 9.17) is 9.47 Å². The lowest BCUT2D eigenvalue weighted by Crippen LogP contribution is -2.22. The number of esters is 2. The van der Waals surface area contributed by atoms with Gasteiger partial charge in [-0.25, -0.2) is 9.59 Å². The molecule has 0 rings (SSSR count). The Morgan fingerprint density at radius 3 is 1.91 bits per heavy atom. The standard InChI is InChI=1S/C11H20O2.C7H12O2/c1-4-11(12)13-9-7-5-6-8-10(2)3;1-5-6(8)9-7(2,3)4/h4,10H,1,5-9H2,2-3H3;5H,1H2,2-4H3. The first-order chi connectivity index (χ1) is 10.1. The van der Waals surface area contributed by atoms with Crippen LogP contribution in [0.25, 0.3) is 0 Å². The van der Waals surface area contributed by atoms with Crippen LogP contribution in [-0.4, -0.2) is 24.1 Å². The van der Waals surface area contributed by atoms with Crippen molar-refractivity contribution in [1.82, 2.24) is 0 Å². The molecule has 0 spiro atoms. The van der Waals surface area contributed by atoms with Gasteiger partial charge in [0, 0.05) is 12.2 Å². The van der Waals surface area contributed by atoms with Gasteiger partial charge >= 0.3 is 11.9 Å². The summed E-state index contributed by atoms with van der Waals surface area (Å²) in [4.78, 5) is 21.1. The van der Waals surface area contributed by atoms with E-state index in [1.807, 2.05) is 20.8 Å². The van der Waals surface area contributed by atoms with Crippen LogP contribution in [0.1, 0.15) is 60.3 Å². The normalized spacial score (nSPS) is 10.3. The second-order valence-electron chi connectivity index (χ2n) is 6.35. The molecule has 22 heavy (non-hydrogen) atoms. The first-order valence-corrected chi connectivity index (χ1v) is 7.77. The average Bonchev–Trinajstić information content (AvgIpc) is 2.40. The van der Waals surface area contributed by atoms with E-state index in [9.17, 15) is 9.59 Å². The molecule has 0 fully saturated rings. The molecule has 0 aromatic carbocycles. The number of carbonyl (C=O) groups excluding carboxylic acids is 2. The third-order valence-electron chi connectivity index (χ3n) is 2.41. The molecule has 4 heteroatoms. The van der Waals surface area contributed by atoms with Gasteiger partial charge in [-0.2, -0.15) is 0 Å². The van der Waals surface area contributed by atoms with Crippen LogP contribution in [0.5, 0.6) is 0 Å². The van der Waals surface area contributed by atoms with Gasteiger partial charge in [0.1, 0.15) is 5.60 Å². The van der Waals surface area contributed by atoms with E-state index in [-0.39, 0.29) is 11.9 Å². The van der Waals surface area contributed by atoms with E-state index in [1.165, 1.54) is 18.9 Å². The lowest BCUT2D eigenvalue weighted by molar-refractivity contribution is -0.148. The molecule has 0 saturated carbocycles. The monoisotopic (exact) mass is 312 g/mol. The highest BCUT2D eigenvalue weighted by Gasteiger charge is 2.12. The van der Waals surface area contributed by atoms with Crippen LogP contribution in [0.4, 0.5) is 0 Å². The molecular formula is C18H32O4. The second-order valence-corrected chi connectivity index (χ2v) is 6.35. The van der Waals surface area contributed by atoms with Crippen molar-refractivity contribution in [2.24, 2.45) is 5.92 Å². The summed E-state index contributed by atoms with van der Waals surface area (Å²) < 4.78 is 9.67. The van der Waals surface area contributed by atoms with Crippen LogP contribution in [0, 0.1) is 5.92 Å². The van der Waals surface area contributed by atoms with Crippen molar-refractivity contribution < 1.29 is 19.1 Å². The topological polar surface area (TPSA) is 52.6 Å². The number of ether oxygens (including phenoxy) is 2. The van der Waals surface area contributed by atoms with Gasteiger partial charge in [-0.15, -0.1) is 0 Å². The average molecular weight is 312 g/mol. The molecule has 0 bridgehead atoms. The first kappa shape index (κ1) is 22.7. The van der Waals surface area contributed by atoms with Crippen molar-refractivity contribution in [3.63, 3.8) is 0 Å². The predicted molar refractivity (Wildman–Crippen MR) is 90.5 cm³/mol. The molecule has 0 heterocycles. The van der Waals surface area contributed by atoms with Crippen LogP contribution in [-0.2, 0) is 19.1 Å². The fraction of sp³-hybridized carbons (Fsp3) is 0.667. The molecule has 0 saturated heterocycles. The van der Waals surface area contributed by atoms with Crippen molar-refractivity contribution in [3.05, 3.63) is 25.3 Å². The molecule has 0 amide bonds. The molecule has 0 aliphatic rings. The maximum atomic E-state index is 10.6. The number of hydrogen-bond donors (Lipinski definition) is 0. The highest BCUT2D eigenvalue weighted by Crippen LogP contribution is 2.08. The predicted octanol–water partition coefficient (Wildman–Crippen LogP) is 4.45. The number of hydrogen-bond acceptors (Lipinski definition) is 4. The maximum absolute atomic E-state index is 10.6. The van der Waals surface area contributed by atoms with Gasteiger partial charge in [0.15, 0.2) is 0 Å². The first-order valence-electron chi connectivity index (χ1n) is 7.77.